The highest BCUT2D eigenvalue weighted by molar-refractivity contribution is 5.95. The quantitative estimate of drug-likeness (QED) is 0.850. The molecule has 1 rings (SSSR count). The lowest BCUT2D eigenvalue weighted by Crippen LogP contribution is -2.46. The first-order valence-electron chi connectivity index (χ1n) is 7.79. The summed E-state index contributed by atoms with van der Waals surface area (Å²) < 4.78 is 35.9. The highest BCUT2D eigenvalue weighted by Crippen LogP contribution is 2.22. The van der Waals surface area contributed by atoms with Gasteiger partial charge in [0.2, 0.25) is 5.91 Å². The predicted octanol–water partition coefficient (Wildman–Crippen LogP) is 2.80. The monoisotopic (exact) mass is 359 g/mol. The zero-order valence-electron chi connectivity index (χ0n) is 14.8. The first-order valence-corrected chi connectivity index (χ1v) is 7.79. The fourth-order valence-corrected chi connectivity index (χ4v) is 2.11. The molecule has 3 amide bonds. The van der Waals surface area contributed by atoms with E-state index in [2.05, 4.69) is 20.8 Å². The molecule has 5 nitrogen and oxygen atoms in total. The van der Waals surface area contributed by atoms with Crippen LogP contribution in [0.4, 0.5) is 18.0 Å². The Morgan fingerprint density at radius 3 is 2.12 bits per heavy atom. The van der Waals surface area contributed by atoms with Gasteiger partial charge in [0.05, 0.1) is 6.54 Å². The van der Waals surface area contributed by atoms with Gasteiger partial charge in [0.15, 0.2) is 0 Å². The van der Waals surface area contributed by atoms with Crippen LogP contribution in [-0.2, 0) is 16.8 Å². The van der Waals surface area contributed by atoms with Gasteiger partial charge in [-0.2, -0.15) is 13.2 Å². The Hall–Kier alpha value is -2.09. The Morgan fingerprint density at radius 1 is 1.08 bits per heavy atom. The number of imide groups is 1. The van der Waals surface area contributed by atoms with Crippen molar-refractivity contribution >= 4 is 11.9 Å². The van der Waals surface area contributed by atoms with Crippen LogP contribution in [0, 0.1) is 0 Å². The number of urea groups is 1. The Bertz CT molecular complexity index is 593. The van der Waals surface area contributed by atoms with Crippen LogP contribution in [0.2, 0.25) is 0 Å². The third-order valence-corrected chi connectivity index (χ3v) is 3.39. The number of nitrogens with one attached hydrogen (secondary N) is 2. The number of carbonyl (C=O) groups excluding carboxylic acids is 2. The fourth-order valence-electron chi connectivity index (χ4n) is 2.11. The summed E-state index contributed by atoms with van der Waals surface area (Å²) in [6.45, 7) is 5.22. The molecule has 0 spiro atoms. The van der Waals surface area contributed by atoms with Crippen molar-refractivity contribution in [3.8, 4) is 0 Å². The van der Waals surface area contributed by atoms with Crippen molar-refractivity contribution < 1.29 is 22.8 Å². The van der Waals surface area contributed by atoms with Crippen LogP contribution in [0.5, 0.6) is 0 Å². The van der Waals surface area contributed by atoms with Crippen LogP contribution >= 0.6 is 0 Å². The van der Waals surface area contributed by atoms with Gasteiger partial charge in [-0.05, 0) is 23.6 Å². The van der Waals surface area contributed by atoms with E-state index in [1.807, 2.05) is 29.6 Å². The van der Waals surface area contributed by atoms with Crippen LogP contribution < -0.4 is 10.6 Å². The molecule has 0 aliphatic carbocycles. The third kappa shape index (κ3) is 8.53. The molecular formula is C17H24F3N3O2. The number of hydrogen-bond donors (Lipinski definition) is 2. The molecule has 0 atom stereocenters. The highest BCUT2D eigenvalue weighted by atomic mass is 19.4. The maximum Gasteiger partial charge on any atom is 0.405 e. The summed E-state index contributed by atoms with van der Waals surface area (Å²) in [5.41, 5.74) is 2.23. The third-order valence-electron chi connectivity index (χ3n) is 3.39. The van der Waals surface area contributed by atoms with E-state index >= 15 is 0 Å². The van der Waals surface area contributed by atoms with Gasteiger partial charge in [0.1, 0.15) is 6.54 Å². The molecule has 0 heterocycles. The smallest absolute Gasteiger partial charge is 0.329 e. The normalized spacial score (nSPS) is 12.2. The van der Waals surface area contributed by atoms with Crippen LogP contribution in [0.15, 0.2) is 24.3 Å². The second-order valence-electron chi connectivity index (χ2n) is 6.97. The number of alkyl halides is 3. The highest BCUT2D eigenvalue weighted by Gasteiger charge is 2.28. The number of carbonyl (C=O) groups is 2. The van der Waals surface area contributed by atoms with Crippen molar-refractivity contribution in [1.82, 2.24) is 15.5 Å². The molecular weight excluding hydrogens is 335 g/mol. The molecule has 8 heteroatoms. The molecule has 0 radical (unpaired) electrons. The van der Waals surface area contributed by atoms with E-state index < -0.39 is 24.7 Å². The number of hydrogen-bond acceptors (Lipinski definition) is 3. The second kappa shape index (κ2) is 8.33. The first kappa shape index (κ1) is 21.0. The zero-order chi connectivity index (χ0) is 19.3. The number of nitrogens with zero attached hydrogens (tertiary/aromatic N) is 1. The molecule has 140 valence electrons. The van der Waals surface area contributed by atoms with Crippen molar-refractivity contribution in [2.75, 3.05) is 20.1 Å². The molecule has 1 aromatic carbocycles. The summed E-state index contributed by atoms with van der Waals surface area (Å²) in [6.07, 6.45) is -4.52. The van der Waals surface area contributed by atoms with Gasteiger partial charge >= 0.3 is 12.2 Å². The van der Waals surface area contributed by atoms with Gasteiger partial charge in [-0.3, -0.25) is 15.0 Å². The molecule has 2 N–H and O–H groups in total. The lowest BCUT2D eigenvalue weighted by Gasteiger charge is -2.20. The van der Waals surface area contributed by atoms with E-state index in [1.165, 1.54) is 5.56 Å². The van der Waals surface area contributed by atoms with Gasteiger partial charge in [-0.15, -0.1) is 0 Å². The summed E-state index contributed by atoms with van der Waals surface area (Å²) in [7, 11) is 1.69. The fraction of sp³-hybridized carbons (Fsp3) is 0.529. The minimum atomic E-state index is -4.52. The van der Waals surface area contributed by atoms with Crippen LogP contribution in [0.1, 0.15) is 31.9 Å². The van der Waals surface area contributed by atoms with Gasteiger partial charge in [-0.1, -0.05) is 45.0 Å². The van der Waals surface area contributed by atoms with Gasteiger partial charge in [0, 0.05) is 6.54 Å². The molecule has 0 aliphatic heterocycles. The maximum atomic E-state index is 12.0. The van der Waals surface area contributed by atoms with Crippen molar-refractivity contribution in [3.05, 3.63) is 35.4 Å². The van der Waals surface area contributed by atoms with E-state index in [0.717, 1.165) is 5.56 Å². The van der Waals surface area contributed by atoms with E-state index in [0.29, 0.717) is 6.54 Å². The number of likely N-dealkylation sites (N-methyl/N-ethyl adjacent to an activating group) is 1. The topological polar surface area (TPSA) is 61.4 Å². The van der Waals surface area contributed by atoms with E-state index in [-0.39, 0.29) is 12.0 Å². The summed E-state index contributed by atoms with van der Waals surface area (Å²) in [5, 5.41) is 3.45. The summed E-state index contributed by atoms with van der Waals surface area (Å²) in [5.74, 6) is -0.673. The minimum absolute atomic E-state index is 0.0497. The Balaban J connectivity index is 2.44. The second-order valence-corrected chi connectivity index (χ2v) is 6.97. The Labute approximate surface area is 145 Å². The standard InChI is InChI=1S/C17H24F3N3O2/c1-16(2,3)13-7-5-12(6-8-13)9-23(4)10-14(24)22-15(25)21-11-17(18,19)20/h5-8H,9-11H2,1-4H3,(H2,21,22,24,25). The predicted molar refractivity (Wildman–Crippen MR) is 89.1 cm³/mol. The average Bonchev–Trinajstić information content (AvgIpc) is 2.43. The van der Waals surface area contributed by atoms with Gasteiger partial charge in [-0.25, -0.2) is 4.79 Å². The maximum absolute atomic E-state index is 12.0. The molecule has 0 saturated heterocycles. The van der Waals surface area contributed by atoms with E-state index in [4.69, 9.17) is 0 Å². The van der Waals surface area contributed by atoms with Gasteiger partial charge < -0.3 is 5.32 Å². The lowest BCUT2D eigenvalue weighted by molar-refractivity contribution is -0.125. The largest absolute Gasteiger partial charge is 0.405 e. The zero-order valence-corrected chi connectivity index (χ0v) is 14.8. The Morgan fingerprint density at radius 2 is 1.64 bits per heavy atom. The van der Waals surface area contributed by atoms with Crippen LogP contribution in [-0.4, -0.2) is 43.2 Å². The molecule has 0 saturated carbocycles. The van der Waals surface area contributed by atoms with E-state index in [1.54, 1.807) is 17.3 Å². The number of halogens is 3. The Kier molecular flexibility index (Phi) is 6.98. The van der Waals surface area contributed by atoms with Crippen molar-refractivity contribution in [2.45, 2.75) is 38.9 Å². The molecule has 0 bridgehead atoms. The molecule has 0 fully saturated rings. The number of rotatable bonds is 5. The van der Waals surface area contributed by atoms with Gasteiger partial charge in [0.25, 0.3) is 0 Å². The molecule has 25 heavy (non-hydrogen) atoms. The summed E-state index contributed by atoms with van der Waals surface area (Å²) in [4.78, 5) is 24.5. The number of benzene rings is 1. The summed E-state index contributed by atoms with van der Waals surface area (Å²) in [6, 6.07) is 6.81. The number of amides is 3. The van der Waals surface area contributed by atoms with Crippen LogP contribution in [0.25, 0.3) is 0 Å². The SMILES string of the molecule is CN(CC(=O)NC(=O)NCC(F)(F)F)Cc1ccc(C(C)(C)C)cc1. The first-order chi connectivity index (χ1) is 11.4. The van der Waals surface area contributed by atoms with Crippen LogP contribution in [0.3, 0.4) is 0 Å². The summed E-state index contributed by atoms with van der Waals surface area (Å²) >= 11 is 0. The molecule has 0 unspecified atom stereocenters. The molecule has 1 aromatic rings. The minimum Gasteiger partial charge on any atom is -0.329 e. The van der Waals surface area contributed by atoms with E-state index in [9.17, 15) is 22.8 Å². The van der Waals surface area contributed by atoms with Crippen molar-refractivity contribution in [3.63, 3.8) is 0 Å². The lowest BCUT2D eigenvalue weighted by atomic mass is 9.87. The molecule has 0 aromatic heterocycles. The molecule has 0 aliphatic rings. The van der Waals surface area contributed by atoms with Crippen molar-refractivity contribution in [1.29, 1.82) is 0 Å². The average molecular weight is 359 g/mol. The van der Waals surface area contributed by atoms with Crippen molar-refractivity contribution in [2.24, 2.45) is 0 Å².